The van der Waals surface area contributed by atoms with Gasteiger partial charge in [-0.1, -0.05) is 6.92 Å². The van der Waals surface area contributed by atoms with E-state index in [9.17, 15) is 5.11 Å². The molecule has 0 bridgehead atoms. The molecule has 0 radical (unpaired) electrons. The molecule has 2 unspecified atom stereocenters. The average Bonchev–Trinajstić information content (AvgIpc) is 2.26. The Hall–Kier alpha value is 0.190. The molecule has 0 amide bonds. The Kier molecular flexibility index (Phi) is 11.8. The average molecular weight is 252 g/mol. The van der Waals surface area contributed by atoms with E-state index in [1.807, 2.05) is 13.8 Å². The number of hydrogen-bond acceptors (Lipinski definition) is 5. The third kappa shape index (κ3) is 10.7. The summed E-state index contributed by atoms with van der Waals surface area (Å²) >= 11 is 1.72. The fourth-order valence-corrected chi connectivity index (χ4v) is 1.76. The zero-order chi connectivity index (χ0) is 12.2. The Morgan fingerprint density at radius 2 is 1.56 bits per heavy atom. The molecular formula is C11H24O4S. The summed E-state index contributed by atoms with van der Waals surface area (Å²) in [6.45, 7) is 7.00. The zero-order valence-electron chi connectivity index (χ0n) is 10.5. The first-order valence-corrected chi connectivity index (χ1v) is 6.67. The second-order valence-electron chi connectivity index (χ2n) is 3.53. The van der Waals surface area contributed by atoms with Crippen LogP contribution in [0.15, 0.2) is 0 Å². The van der Waals surface area contributed by atoms with Gasteiger partial charge in [0.05, 0.1) is 39.1 Å². The third-order valence-corrected chi connectivity index (χ3v) is 3.41. The summed E-state index contributed by atoms with van der Waals surface area (Å²) in [5, 5.41) is 9.52. The molecule has 0 rings (SSSR count). The van der Waals surface area contributed by atoms with Crippen LogP contribution in [0, 0.1) is 0 Å². The number of thioether (sulfide) groups is 1. The third-order valence-electron chi connectivity index (χ3n) is 2.09. The molecule has 2 atom stereocenters. The summed E-state index contributed by atoms with van der Waals surface area (Å²) in [5.41, 5.74) is 0. The topological polar surface area (TPSA) is 47.9 Å². The van der Waals surface area contributed by atoms with E-state index < -0.39 is 0 Å². The molecule has 16 heavy (non-hydrogen) atoms. The maximum atomic E-state index is 9.25. The number of hydrogen-bond donors (Lipinski definition) is 1. The number of ether oxygens (including phenoxy) is 3. The molecule has 0 spiro atoms. The van der Waals surface area contributed by atoms with Gasteiger partial charge in [-0.2, -0.15) is 11.8 Å². The molecule has 0 saturated heterocycles. The lowest BCUT2D eigenvalue weighted by molar-refractivity contribution is 0.0286. The van der Waals surface area contributed by atoms with E-state index in [2.05, 4.69) is 0 Å². The van der Waals surface area contributed by atoms with E-state index in [-0.39, 0.29) is 11.4 Å². The van der Waals surface area contributed by atoms with Crippen LogP contribution in [0.5, 0.6) is 0 Å². The minimum atomic E-state index is -0.262. The van der Waals surface area contributed by atoms with Crippen molar-refractivity contribution in [2.75, 3.05) is 45.9 Å². The largest absolute Gasteiger partial charge is 0.392 e. The van der Waals surface area contributed by atoms with Gasteiger partial charge in [0.25, 0.3) is 0 Å². The van der Waals surface area contributed by atoms with Crippen molar-refractivity contribution in [3.8, 4) is 0 Å². The monoisotopic (exact) mass is 252 g/mol. The first kappa shape index (κ1) is 16.2. The minimum Gasteiger partial charge on any atom is -0.392 e. The molecule has 5 heteroatoms. The molecule has 0 heterocycles. The molecule has 98 valence electrons. The molecule has 0 fully saturated rings. The number of rotatable bonds is 11. The van der Waals surface area contributed by atoms with E-state index in [0.29, 0.717) is 33.0 Å². The molecule has 0 aliphatic carbocycles. The normalized spacial score (nSPS) is 15.0. The van der Waals surface area contributed by atoms with Crippen molar-refractivity contribution in [3.05, 3.63) is 0 Å². The fraction of sp³-hybridized carbons (Fsp3) is 1.00. The first-order valence-electron chi connectivity index (χ1n) is 5.62. The van der Waals surface area contributed by atoms with E-state index in [1.165, 1.54) is 0 Å². The van der Waals surface area contributed by atoms with Crippen molar-refractivity contribution in [2.45, 2.75) is 25.2 Å². The van der Waals surface area contributed by atoms with Gasteiger partial charge < -0.3 is 19.3 Å². The van der Waals surface area contributed by atoms with Crippen LogP contribution in [0.1, 0.15) is 13.8 Å². The molecular weight excluding hydrogens is 228 g/mol. The van der Waals surface area contributed by atoms with Crippen LogP contribution in [0.25, 0.3) is 0 Å². The SMILES string of the molecule is COCCOCCOCCSC(C)C(C)O. The van der Waals surface area contributed by atoms with E-state index in [1.54, 1.807) is 18.9 Å². The van der Waals surface area contributed by atoms with Crippen LogP contribution >= 0.6 is 11.8 Å². The van der Waals surface area contributed by atoms with E-state index in [4.69, 9.17) is 14.2 Å². The van der Waals surface area contributed by atoms with Gasteiger partial charge in [0.2, 0.25) is 0 Å². The molecule has 0 saturated carbocycles. The van der Waals surface area contributed by atoms with Gasteiger partial charge in [0, 0.05) is 18.1 Å². The van der Waals surface area contributed by atoms with E-state index in [0.717, 1.165) is 5.75 Å². The second-order valence-corrected chi connectivity index (χ2v) is 5.02. The minimum absolute atomic E-state index is 0.262. The van der Waals surface area contributed by atoms with Gasteiger partial charge in [-0.05, 0) is 6.92 Å². The Morgan fingerprint density at radius 1 is 1.00 bits per heavy atom. The van der Waals surface area contributed by atoms with Crippen molar-refractivity contribution < 1.29 is 19.3 Å². The number of methoxy groups -OCH3 is 1. The van der Waals surface area contributed by atoms with Gasteiger partial charge in [-0.15, -0.1) is 0 Å². The van der Waals surface area contributed by atoms with Crippen molar-refractivity contribution in [2.24, 2.45) is 0 Å². The molecule has 0 aromatic rings. The standard InChI is InChI=1S/C11H24O4S/c1-10(12)11(2)16-9-8-15-7-6-14-5-4-13-3/h10-12H,4-9H2,1-3H3. The van der Waals surface area contributed by atoms with Gasteiger partial charge in [0.15, 0.2) is 0 Å². The Morgan fingerprint density at radius 3 is 2.12 bits per heavy atom. The van der Waals surface area contributed by atoms with Gasteiger partial charge in [0.1, 0.15) is 0 Å². The zero-order valence-corrected chi connectivity index (χ0v) is 11.3. The van der Waals surface area contributed by atoms with Crippen molar-refractivity contribution >= 4 is 11.8 Å². The molecule has 1 N–H and O–H groups in total. The summed E-state index contributed by atoms with van der Waals surface area (Å²) in [6, 6.07) is 0. The van der Waals surface area contributed by atoms with Gasteiger partial charge >= 0.3 is 0 Å². The highest BCUT2D eigenvalue weighted by Gasteiger charge is 2.07. The van der Waals surface area contributed by atoms with Crippen LogP contribution in [-0.4, -0.2) is 62.4 Å². The van der Waals surface area contributed by atoms with Crippen LogP contribution in [0.3, 0.4) is 0 Å². The Labute approximate surface area is 103 Å². The smallest absolute Gasteiger partial charge is 0.0701 e. The Bertz CT molecular complexity index is 144. The highest BCUT2D eigenvalue weighted by atomic mass is 32.2. The van der Waals surface area contributed by atoms with Crippen LogP contribution < -0.4 is 0 Å². The summed E-state index contributed by atoms with van der Waals surface area (Å²) in [6.07, 6.45) is -0.262. The lowest BCUT2D eigenvalue weighted by Gasteiger charge is -2.13. The summed E-state index contributed by atoms with van der Waals surface area (Å²) in [4.78, 5) is 0. The molecule has 0 aliphatic rings. The highest BCUT2D eigenvalue weighted by molar-refractivity contribution is 7.99. The molecule has 0 aromatic heterocycles. The van der Waals surface area contributed by atoms with Crippen molar-refractivity contribution in [3.63, 3.8) is 0 Å². The van der Waals surface area contributed by atoms with Crippen molar-refractivity contribution in [1.29, 1.82) is 0 Å². The summed E-state index contributed by atoms with van der Waals surface area (Å²) in [7, 11) is 1.65. The molecule has 0 aliphatic heterocycles. The predicted octanol–water partition coefficient (Wildman–Crippen LogP) is 1.17. The van der Waals surface area contributed by atoms with Gasteiger partial charge in [-0.3, -0.25) is 0 Å². The maximum Gasteiger partial charge on any atom is 0.0701 e. The second kappa shape index (κ2) is 11.7. The molecule has 0 aromatic carbocycles. The Balaban J connectivity index is 3.04. The first-order chi connectivity index (χ1) is 7.68. The lowest BCUT2D eigenvalue weighted by Crippen LogP contribution is -2.17. The highest BCUT2D eigenvalue weighted by Crippen LogP contribution is 2.13. The van der Waals surface area contributed by atoms with Crippen molar-refractivity contribution in [1.82, 2.24) is 0 Å². The fourth-order valence-electron chi connectivity index (χ4n) is 0.896. The van der Waals surface area contributed by atoms with Gasteiger partial charge in [-0.25, -0.2) is 0 Å². The maximum absolute atomic E-state index is 9.25. The number of aliphatic hydroxyl groups excluding tert-OH is 1. The van der Waals surface area contributed by atoms with Crippen LogP contribution in [-0.2, 0) is 14.2 Å². The van der Waals surface area contributed by atoms with Crippen LogP contribution in [0.2, 0.25) is 0 Å². The van der Waals surface area contributed by atoms with Crippen LogP contribution in [0.4, 0.5) is 0 Å². The van der Waals surface area contributed by atoms with E-state index >= 15 is 0 Å². The molecule has 4 nitrogen and oxygen atoms in total. The summed E-state index contributed by atoms with van der Waals surface area (Å²) < 4.78 is 15.5. The lowest BCUT2D eigenvalue weighted by atomic mass is 10.3. The number of aliphatic hydroxyl groups is 1. The quantitative estimate of drug-likeness (QED) is 0.559. The summed E-state index contributed by atoms with van der Waals surface area (Å²) in [5.74, 6) is 0.907. The predicted molar refractivity (Wildman–Crippen MR) is 67.1 cm³/mol.